The molecule has 2 nitrogen and oxygen atoms in total. The Morgan fingerprint density at radius 3 is 3.08 bits per heavy atom. The number of anilines is 1. The van der Waals surface area contributed by atoms with Crippen LogP contribution in [-0.2, 0) is 10.8 Å². The summed E-state index contributed by atoms with van der Waals surface area (Å²) in [7, 11) is -0.883. The van der Waals surface area contributed by atoms with E-state index >= 15 is 0 Å². The van der Waals surface area contributed by atoms with Gasteiger partial charge in [0.05, 0.1) is 26.4 Å². The Hall–Kier alpha value is -0.540. The second-order valence-corrected chi connectivity index (χ2v) is 5.04. The quantitative estimate of drug-likeness (QED) is 0.719. The Balaban J connectivity index is 2.63. The van der Waals surface area contributed by atoms with E-state index in [1.165, 1.54) is 0 Å². The van der Waals surface area contributed by atoms with Crippen LogP contribution in [0.25, 0.3) is 0 Å². The zero-order chi connectivity index (χ0) is 9.42. The Bertz CT molecular complexity index is 378. The third-order valence-corrected chi connectivity index (χ3v) is 3.72. The van der Waals surface area contributed by atoms with Gasteiger partial charge in [-0.3, -0.25) is 4.21 Å². The van der Waals surface area contributed by atoms with Crippen LogP contribution in [0, 0.1) is 6.92 Å². The van der Waals surface area contributed by atoms with Crippen molar-refractivity contribution < 1.29 is 4.21 Å². The molecule has 0 fully saturated rings. The normalized spacial score (nSPS) is 20.6. The molecule has 70 valence electrons. The minimum Gasteiger partial charge on any atom is -0.382 e. The van der Waals surface area contributed by atoms with Gasteiger partial charge in [0.25, 0.3) is 0 Å². The van der Waals surface area contributed by atoms with Gasteiger partial charge in [-0.1, -0.05) is 11.6 Å². The smallest absolute Gasteiger partial charge is 0.0694 e. The van der Waals surface area contributed by atoms with E-state index in [4.69, 9.17) is 11.6 Å². The van der Waals surface area contributed by atoms with Gasteiger partial charge >= 0.3 is 0 Å². The van der Waals surface area contributed by atoms with Crippen molar-refractivity contribution in [2.24, 2.45) is 0 Å². The van der Waals surface area contributed by atoms with Crippen molar-refractivity contribution in [1.29, 1.82) is 0 Å². The lowest BCUT2D eigenvalue weighted by atomic mass is 10.2. The number of hydrogen-bond acceptors (Lipinski definition) is 2. The lowest BCUT2D eigenvalue weighted by Gasteiger charge is -2.19. The molecule has 1 N–H and O–H groups in total. The molecule has 4 heteroatoms. The number of fused-ring (bicyclic) bond motifs is 1. The minimum absolute atomic E-state index is 0.669. The highest BCUT2D eigenvalue weighted by Crippen LogP contribution is 2.32. The highest BCUT2D eigenvalue weighted by atomic mass is 35.5. The largest absolute Gasteiger partial charge is 0.382 e. The first-order chi connectivity index (χ1) is 6.18. The predicted molar refractivity (Wildman–Crippen MR) is 56.0 cm³/mol. The van der Waals surface area contributed by atoms with Crippen LogP contribution in [0.5, 0.6) is 0 Å². The maximum atomic E-state index is 11.6. The molecule has 1 aliphatic rings. The van der Waals surface area contributed by atoms with Gasteiger partial charge < -0.3 is 5.32 Å². The standard InChI is InChI=1S/C9H10ClNOS/c1-6-4-7(10)9-8(5-6)13(12)3-2-11-9/h4-5,11H,2-3H2,1H3. The molecule has 1 unspecified atom stereocenters. The number of nitrogens with one attached hydrogen (secondary N) is 1. The molecule has 0 spiro atoms. The van der Waals surface area contributed by atoms with Crippen molar-refractivity contribution >= 4 is 28.1 Å². The molecule has 0 saturated carbocycles. The number of halogens is 1. The molecule has 1 atom stereocenters. The molecule has 0 aliphatic carbocycles. The zero-order valence-corrected chi connectivity index (χ0v) is 8.84. The molecule has 0 amide bonds. The maximum absolute atomic E-state index is 11.6. The summed E-state index contributed by atoms with van der Waals surface area (Å²) in [5, 5.41) is 3.83. The Morgan fingerprint density at radius 2 is 2.31 bits per heavy atom. The minimum atomic E-state index is -0.883. The fraction of sp³-hybridized carbons (Fsp3) is 0.333. The van der Waals surface area contributed by atoms with Gasteiger partial charge in [0.15, 0.2) is 0 Å². The Labute approximate surface area is 84.7 Å². The Kier molecular flexibility index (Phi) is 2.30. The fourth-order valence-electron chi connectivity index (χ4n) is 1.44. The first-order valence-corrected chi connectivity index (χ1v) is 5.80. The average Bonchev–Trinajstić information content (AvgIpc) is 2.07. The van der Waals surface area contributed by atoms with Crippen LogP contribution in [0.2, 0.25) is 5.02 Å². The van der Waals surface area contributed by atoms with Gasteiger partial charge in [-0.25, -0.2) is 0 Å². The molecule has 1 aliphatic heterocycles. The van der Waals surface area contributed by atoms with Crippen LogP contribution in [-0.4, -0.2) is 16.5 Å². The number of benzene rings is 1. The molecule has 0 saturated heterocycles. The molecule has 1 aromatic rings. The van der Waals surface area contributed by atoms with E-state index < -0.39 is 10.8 Å². The second kappa shape index (κ2) is 3.31. The first-order valence-electron chi connectivity index (χ1n) is 4.11. The molecule has 0 radical (unpaired) electrons. The van der Waals surface area contributed by atoms with Crippen LogP contribution in [0.15, 0.2) is 17.0 Å². The van der Waals surface area contributed by atoms with Crippen LogP contribution >= 0.6 is 11.6 Å². The highest BCUT2D eigenvalue weighted by molar-refractivity contribution is 7.85. The van der Waals surface area contributed by atoms with Crippen molar-refractivity contribution in [3.8, 4) is 0 Å². The van der Waals surface area contributed by atoms with Gasteiger partial charge in [0.2, 0.25) is 0 Å². The van der Waals surface area contributed by atoms with Crippen LogP contribution < -0.4 is 5.32 Å². The monoisotopic (exact) mass is 215 g/mol. The predicted octanol–water partition coefficient (Wildman–Crippen LogP) is 2.18. The summed E-state index contributed by atoms with van der Waals surface area (Å²) in [5.74, 6) is 0.673. The first kappa shape index (κ1) is 9.03. The maximum Gasteiger partial charge on any atom is 0.0694 e. The SMILES string of the molecule is Cc1cc(Cl)c2c(c1)S(=O)CCN2. The molecule has 0 aromatic heterocycles. The molecule has 1 heterocycles. The summed E-state index contributed by atoms with van der Waals surface area (Å²) in [5.41, 5.74) is 1.90. The van der Waals surface area contributed by atoms with E-state index in [2.05, 4.69) is 5.32 Å². The van der Waals surface area contributed by atoms with Gasteiger partial charge in [0.1, 0.15) is 0 Å². The number of rotatable bonds is 0. The molecule has 2 rings (SSSR count). The van der Waals surface area contributed by atoms with Gasteiger partial charge in [-0.15, -0.1) is 0 Å². The van der Waals surface area contributed by atoms with E-state index in [0.717, 1.165) is 22.7 Å². The molecule has 13 heavy (non-hydrogen) atoms. The van der Waals surface area contributed by atoms with Gasteiger partial charge in [-0.2, -0.15) is 0 Å². The molecule has 0 bridgehead atoms. The van der Waals surface area contributed by atoms with E-state index in [-0.39, 0.29) is 0 Å². The number of aryl methyl sites for hydroxylation is 1. The van der Waals surface area contributed by atoms with Crippen molar-refractivity contribution in [3.05, 3.63) is 22.7 Å². The summed E-state index contributed by atoms with van der Waals surface area (Å²) in [6.07, 6.45) is 0. The molecular weight excluding hydrogens is 206 g/mol. The lowest BCUT2D eigenvalue weighted by molar-refractivity contribution is 0.682. The summed E-state index contributed by atoms with van der Waals surface area (Å²) in [4.78, 5) is 0.844. The van der Waals surface area contributed by atoms with Gasteiger partial charge in [0, 0.05) is 12.3 Å². The highest BCUT2D eigenvalue weighted by Gasteiger charge is 2.17. The zero-order valence-electron chi connectivity index (χ0n) is 7.26. The van der Waals surface area contributed by atoms with Crippen LogP contribution in [0.1, 0.15) is 5.56 Å². The van der Waals surface area contributed by atoms with E-state index in [0.29, 0.717) is 10.8 Å². The second-order valence-electron chi connectivity index (χ2n) is 3.10. The lowest BCUT2D eigenvalue weighted by Crippen LogP contribution is -2.19. The summed E-state index contributed by atoms with van der Waals surface area (Å²) < 4.78 is 11.6. The van der Waals surface area contributed by atoms with Crippen LogP contribution in [0.4, 0.5) is 5.69 Å². The van der Waals surface area contributed by atoms with E-state index in [9.17, 15) is 4.21 Å². The van der Waals surface area contributed by atoms with Crippen molar-refractivity contribution in [1.82, 2.24) is 0 Å². The average molecular weight is 216 g/mol. The van der Waals surface area contributed by atoms with Crippen molar-refractivity contribution in [2.45, 2.75) is 11.8 Å². The summed E-state index contributed by atoms with van der Waals surface area (Å²) in [6.45, 7) is 2.69. The number of hydrogen-bond donors (Lipinski definition) is 1. The van der Waals surface area contributed by atoms with Crippen molar-refractivity contribution in [3.63, 3.8) is 0 Å². The van der Waals surface area contributed by atoms with Crippen molar-refractivity contribution in [2.75, 3.05) is 17.6 Å². The third kappa shape index (κ3) is 1.58. The van der Waals surface area contributed by atoms with E-state index in [1.807, 2.05) is 19.1 Å². The van der Waals surface area contributed by atoms with E-state index in [1.54, 1.807) is 0 Å². The third-order valence-electron chi connectivity index (χ3n) is 2.03. The topological polar surface area (TPSA) is 29.1 Å². The van der Waals surface area contributed by atoms with Gasteiger partial charge in [-0.05, 0) is 24.6 Å². The summed E-state index contributed by atoms with van der Waals surface area (Å²) >= 11 is 6.02. The van der Waals surface area contributed by atoms with Crippen LogP contribution in [0.3, 0.4) is 0 Å². The molecule has 1 aromatic carbocycles. The fourth-order valence-corrected chi connectivity index (χ4v) is 3.07. The Morgan fingerprint density at radius 1 is 1.54 bits per heavy atom. The summed E-state index contributed by atoms with van der Waals surface area (Å²) in [6, 6.07) is 3.82. The molecular formula is C9H10ClNOS.